The number of carbonyl (C=O) groups is 2. The fraction of sp³-hybridized carbons (Fsp3) is 0.905. The van der Waals surface area contributed by atoms with Gasteiger partial charge in [0.15, 0.2) is 5.41 Å². The molecule has 0 radical (unpaired) electrons. The van der Waals surface area contributed by atoms with Crippen molar-refractivity contribution in [1.29, 1.82) is 0 Å². The molecule has 0 saturated carbocycles. The molecule has 0 fully saturated rings. The number of hydrogen-bond donors (Lipinski definition) is 2. The monoisotopic (exact) mass is 356 g/mol. The summed E-state index contributed by atoms with van der Waals surface area (Å²) >= 11 is 0. The zero-order valence-electron chi connectivity index (χ0n) is 17.2. The Balaban J connectivity index is 4.69. The molecule has 25 heavy (non-hydrogen) atoms. The molecule has 0 saturated heterocycles. The molecule has 0 aliphatic carbocycles. The van der Waals surface area contributed by atoms with Crippen LogP contribution in [-0.2, 0) is 9.59 Å². The molecular formula is C21H40O4. The molecule has 0 rings (SSSR count). The third-order valence-electron chi connectivity index (χ3n) is 5.17. The SMILES string of the molecule is CC(C)CC(C)CCCC(CCCC(C)CC(C)C)(C(=O)O)C(=O)O. The van der Waals surface area contributed by atoms with Crippen molar-refractivity contribution >= 4 is 11.9 Å². The summed E-state index contributed by atoms with van der Waals surface area (Å²) in [5, 5.41) is 19.3. The second kappa shape index (κ2) is 11.5. The van der Waals surface area contributed by atoms with Crippen molar-refractivity contribution in [2.45, 2.75) is 92.9 Å². The van der Waals surface area contributed by atoms with Gasteiger partial charge in [0.1, 0.15) is 0 Å². The van der Waals surface area contributed by atoms with E-state index in [0.717, 1.165) is 25.7 Å². The van der Waals surface area contributed by atoms with E-state index >= 15 is 0 Å². The second-order valence-corrected chi connectivity index (χ2v) is 8.95. The van der Waals surface area contributed by atoms with Crippen molar-refractivity contribution in [3.05, 3.63) is 0 Å². The molecule has 0 spiro atoms. The lowest BCUT2D eigenvalue weighted by Gasteiger charge is -2.26. The summed E-state index contributed by atoms with van der Waals surface area (Å²) < 4.78 is 0. The minimum Gasteiger partial charge on any atom is -0.480 e. The van der Waals surface area contributed by atoms with Crippen LogP contribution < -0.4 is 0 Å². The molecule has 0 amide bonds. The van der Waals surface area contributed by atoms with Gasteiger partial charge >= 0.3 is 11.9 Å². The van der Waals surface area contributed by atoms with E-state index in [1.165, 1.54) is 0 Å². The van der Waals surface area contributed by atoms with Crippen molar-refractivity contribution < 1.29 is 19.8 Å². The summed E-state index contributed by atoms with van der Waals surface area (Å²) in [6.45, 7) is 13.0. The van der Waals surface area contributed by atoms with Crippen molar-refractivity contribution in [2.24, 2.45) is 29.1 Å². The van der Waals surface area contributed by atoms with Crippen molar-refractivity contribution in [2.75, 3.05) is 0 Å². The molecule has 0 aromatic carbocycles. The summed E-state index contributed by atoms with van der Waals surface area (Å²) in [5.41, 5.74) is -1.62. The van der Waals surface area contributed by atoms with Gasteiger partial charge in [-0.1, -0.05) is 67.2 Å². The Bertz CT molecular complexity index is 363. The third-order valence-corrected chi connectivity index (χ3v) is 5.17. The van der Waals surface area contributed by atoms with Gasteiger partial charge in [0, 0.05) is 0 Å². The maximum atomic E-state index is 11.8. The largest absolute Gasteiger partial charge is 0.480 e. The van der Waals surface area contributed by atoms with Crippen LogP contribution in [0.4, 0.5) is 0 Å². The standard InChI is InChI=1S/C21H40O4/c1-15(2)13-17(5)9-7-11-21(19(22)23,20(24)25)12-8-10-18(6)14-16(3)4/h15-18H,7-14H2,1-6H3,(H,22,23)(H,24,25). The average molecular weight is 357 g/mol. The first-order valence-corrected chi connectivity index (χ1v) is 9.98. The highest BCUT2D eigenvalue weighted by molar-refractivity contribution is 5.98. The van der Waals surface area contributed by atoms with Gasteiger partial charge in [-0.05, 0) is 49.4 Å². The van der Waals surface area contributed by atoms with E-state index in [4.69, 9.17) is 0 Å². The molecule has 0 heterocycles. The van der Waals surface area contributed by atoms with E-state index in [-0.39, 0.29) is 12.8 Å². The van der Waals surface area contributed by atoms with E-state index in [9.17, 15) is 19.8 Å². The van der Waals surface area contributed by atoms with Crippen LogP contribution in [-0.4, -0.2) is 22.2 Å². The van der Waals surface area contributed by atoms with Crippen molar-refractivity contribution in [1.82, 2.24) is 0 Å². The molecule has 2 atom stereocenters. The van der Waals surface area contributed by atoms with Gasteiger partial charge in [0.05, 0.1) is 0 Å². The Labute approximate surface area is 154 Å². The van der Waals surface area contributed by atoms with Crippen LogP contribution in [0.1, 0.15) is 92.9 Å². The van der Waals surface area contributed by atoms with Gasteiger partial charge < -0.3 is 10.2 Å². The van der Waals surface area contributed by atoms with Gasteiger partial charge in [-0.15, -0.1) is 0 Å². The minimum atomic E-state index is -1.62. The van der Waals surface area contributed by atoms with E-state index < -0.39 is 17.4 Å². The van der Waals surface area contributed by atoms with Crippen LogP contribution >= 0.6 is 0 Å². The Hall–Kier alpha value is -1.06. The van der Waals surface area contributed by atoms with Gasteiger partial charge in [-0.3, -0.25) is 9.59 Å². The Morgan fingerprint density at radius 1 is 0.720 bits per heavy atom. The van der Waals surface area contributed by atoms with Gasteiger partial charge in [0.2, 0.25) is 0 Å². The number of rotatable bonds is 14. The zero-order chi connectivity index (χ0) is 19.6. The maximum Gasteiger partial charge on any atom is 0.321 e. The molecule has 4 heteroatoms. The average Bonchev–Trinajstić information content (AvgIpc) is 2.43. The highest BCUT2D eigenvalue weighted by atomic mass is 16.4. The topological polar surface area (TPSA) is 74.6 Å². The van der Waals surface area contributed by atoms with Crippen LogP contribution in [0.15, 0.2) is 0 Å². The van der Waals surface area contributed by atoms with Crippen LogP contribution in [0.2, 0.25) is 0 Å². The normalized spacial score (nSPS) is 14.7. The van der Waals surface area contributed by atoms with Crippen molar-refractivity contribution in [3.8, 4) is 0 Å². The predicted octanol–water partition coefficient (Wildman–Crippen LogP) is 5.85. The molecular weight excluding hydrogens is 316 g/mol. The number of aliphatic carboxylic acids is 2. The summed E-state index contributed by atoms with van der Waals surface area (Å²) in [7, 11) is 0. The Morgan fingerprint density at radius 3 is 1.28 bits per heavy atom. The summed E-state index contributed by atoms with van der Waals surface area (Å²) in [5.74, 6) is -0.110. The summed E-state index contributed by atoms with van der Waals surface area (Å²) in [6.07, 6.45) is 5.77. The molecule has 4 nitrogen and oxygen atoms in total. The molecule has 0 aromatic rings. The second-order valence-electron chi connectivity index (χ2n) is 8.95. The fourth-order valence-electron chi connectivity index (χ4n) is 3.99. The fourth-order valence-corrected chi connectivity index (χ4v) is 3.99. The highest BCUT2D eigenvalue weighted by Crippen LogP contribution is 2.34. The van der Waals surface area contributed by atoms with Gasteiger partial charge in [0.25, 0.3) is 0 Å². The lowest BCUT2D eigenvalue weighted by atomic mass is 9.76. The van der Waals surface area contributed by atoms with Crippen LogP contribution in [0.3, 0.4) is 0 Å². The molecule has 0 aliphatic heterocycles. The quantitative estimate of drug-likeness (QED) is 0.383. The molecule has 148 valence electrons. The number of carboxylic acids is 2. The summed E-state index contributed by atoms with van der Waals surface area (Å²) in [6, 6.07) is 0. The lowest BCUT2D eigenvalue weighted by molar-refractivity contribution is -0.166. The Morgan fingerprint density at radius 2 is 1.04 bits per heavy atom. The zero-order valence-corrected chi connectivity index (χ0v) is 17.2. The van der Waals surface area contributed by atoms with Gasteiger partial charge in [-0.25, -0.2) is 0 Å². The first-order chi connectivity index (χ1) is 11.5. The molecule has 2 N–H and O–H groups in total. The van der Waals surface area contributed by atoms with Crippen molar-refractivity contribution in [3.63, 3.8) is 0 Å². The van der Waals surface area contributed by atoms with Gasteiger partial charge in [-0.2, -0.15) is 0 Å². The van der Waals surface area contributed by atoms with E-state index in [2.05, 4.69) is 41.5 Å². The smallest absolute Gasteiger partial charge is 0.321 e. The van der Waals surface area contributed by atoms with E-state index in [1.54, 1.807) is 0 Å². The van der Waals surface area contributed by atoms with E-state index in [0.29, 0.717) is 36.5 Å². The molecule has 0 aromatic heterocycles. The third kappa shape index (κ3) is 9.27. The van der Waals surface area contributed by atoms with E-state index in [1.807, 2.05) is 0 Å². The molecule has 2 unspecified atom stereocenters. The first kappa shape index (κ1) is 23.9. The number of hydrogen-bond acceptors (Lipinski definition) is 2. The Kier molecular flexibility index (Phi) is 11.0. The maximum absolute atomic E-state index is 11.8. The summed E-state index contributed by atoms with van der Waals surface area (Å²) in [4.78, 5) is 23.6. The highest BCUT2D eigenvalue weighted by Gasteiger charge is 2.45. The lowest BCUT2D eigenvalue weighted by Crippen LogP contribution is -2.39. The minimum absolute atomic E-state index is 0.235. The first-order valence-electron chi connectivity index (χ1n) is 9.98. The van der Waals surface area contributed by atoms with Crippen LogP contribution in [0.25, 0.3) is 0 Å². The molecule has 0 aliphatic rings. The number of carboxylic acid groups (broad SMARTS) is 2. The molecule has 0 bridgehead atoms. The predicted molar refractivity (Wildman–Crippen MR) is 103 cm³/mol. The van der Waals surface area contributed by atoms with Crippen LogP contribution in [0.5, 0.6) is 0 Å². The van der Waals surface area contributed by atoms with Crippen LogP contribution in [0, 0.1) is 29.1 Å².